The zero-order chi connectivity index (χ0) is 24.6. The standard InChI is InChI=1S/C25H28ClFN6OS/c1-2-17-35-32-15-12-19(13-16-32)29-24-28-14-11-23(31-24)33(20-9-7-18(27)8-10-20)25(34)30-22-6-4-3-5-21(22)26/h3-11,14,19H,2,12-13,15-17H2,1H3,(H,30,34)(H,28,29,31). The van der Waals surface area contributed by atoms with Crippen molar-refractivity contribution in [3.8, 4) is 0 Å². The maximum atomic E-state index is 13.6. The van der Waals surface area contributed by atoms with Crippen LogP contribution in [0.3, 0.4) is 0 Å². The molecule has 35 heavy (non-hydrogen) atoms. The van der Waals surface area contributed by atoms with Gasteiger partial charge in [-0.1, -0.05) is 42.6 Å². The van der Waals surface area contributed by atoms with Gasteiger partial charge in [-0.2, -0.15) is 4.98 Å². The van der Waals surface area contributed by atoms with Gasteiger partial charge in [0.25, 0.3) is 0 Å². The van der Waals surface area contributed by atoms with Gasteiger partial charge in [0.2, 0.25) is 5.95 Å². The van der Waals surface area contributed by atoms with E-state index >= 15 is 0 Å². The van der Waals surface area contributed by atoms with Crippen molar-refractivity contribution in [3.63, 3.8) is 0 Å². The van der Waals surface area contributed by atoms with E-state index in [0.29, 0.717) is 28.2 Å². The highest BCUT2D eigenvalue weighted by Crippen LogP contribution is 2.28. The highest BCUT2D eigenvalue weighted by atomic mass is 35.5. The van der Waals surface area contributed by atoms with Crippen LogP contribution in [0, 0.1) is 5.82 Å². The van der Waals surface area contributed by atoms with E-state index < -0.39 is 11.8 Å². The van der Waals surface area contributed by atoms with E-state index in [9.17, 15) is 9.18 Å². The second kappa shape index (κ2) is 12.2. The summed E-state index contributed by atoms with van der Waals surface area (Å²) in [5.41, 5.74) is 0.924. The van der Waals surface area contributed by atoms with E-state index in [4.69, 9.17) is 11.6 Å². The first-order chi connectivity index (χ1) is 17.0. The first-order valence-corrected chi connectivity index (χ1v) is 12.9. The molecule has 1 aromatic heterocycles. The monoisotopic (exact) mass is 514 g/mol. The maximum Gasteiger partial charge on any atom is 0.332 e. The number of urea groups is 1. The van der Waals surface area contributed by atoms with Gasteiger partial charge in [0.05, 0.1) is 16.4 Å². The largest absolute Gasteiger partial charge is 0.351 e. The molecule has 0 spiro atoms. The minimum absolute atomic E-state index is 0.250. The van der Waals surface area contributed by atoms with Gasteiger partial charge < -0.3 is 10.6 Å². The van der Waals surface area contributed by atoms with E-state index in [1.165, 1.54) is 29.2 Å². The molecule has 0 aliphatic carbocycles. The second-order valence-electron chi connectivity index (χ2n) is 8.14. The maximum absolute atomic E-state index is 13.6. The van der Waals surface area contributed by atoms with Crippen LogP contribution in [-0.4, -0.2) is 45.2 Å². The number of hydrogen-bond acceptors (Lipinski definition) is 6. The summed E-state index contributed by atoms with van der Waals surface area (Å²) in [7, 11) is 0. The third kappa shape index (κ3) is 6.84. The molecule has 7 nitrogen and oxygen atoms in total. The number of rotatable bonds is 8. The molecule has 4 rings (SSSR count). The van der Waals surface area contributed by atoms with Crippen LogP contribution < -0.4 is 15.5 Å². The van der Waals surface area contributed by atoms with Crippen molar-refractivity contribution in [2.24, 2.45) is 0 Å². The minimum atomic E-state index is -0.476. The Labute approximate surface area is 214 Å². The predicted octanol–water partition coefficient (Wildman–Crippen LogP) is 6.57. The third-order valence-electron chi connectivity index (χ3n) is 5.54. The smallest absolute Gasteiger partial charge is 0.332 e. The molecule has 0 radical (unpaired) electrons. The highest BCUT2D eigenvalue weighted by Gasteiger charge is 2.23. The number of para-hydroxylation sites is 1. The zero-order valence-corrected chi connectivity index (χ0v) is 21.0. The summed E-state index contributed by atoms with van der Waals surface area (Å²) in [6, 6.07) is 14.0. The topological polar surface area (TPSA) is 73.4 Å². The summed E-state index contributed by atoms with van der Waals surface area (Å²) in [6.45, 7) is 4.20. The van der Waals surface area contributed by atoms with Crippen LogP contribution in [0.2, 0.25) is 5.02 Å². The lowest BCUT2D eigenvalue weighted by molar-refractivity contribution is 0.259. The molecule has 10 heteroatoms. The quantitative estimate of drug-likeness (QED) is 0.331. The van der Waals surface area contributed by atoms with E-state index in [1.54, 1.807) is 36.5 Å². The van der Waals surface area contributed by atoms with Gasteiger partial charge in [-0.15, -0.1) is 0 Å². The first kappa shape index (κ1) is 25.2. The number of halogens is 2. The number of carbonyl (C=O) groups is 1. The van der Waals surface area contributed by atoms with Gasteiger partial charge in [0, 0.05) is 37.1 Å². The number of benzene rings is 2. The molecule has 0 saturated carbocycles. The first-order valence-electron chi connectivity index (χ1n) is 11.6. The SMILES string of the molecule is CCCSN1CCC(Nc2nccc(N(C(=O)Nc3ccccc3Cl)c3ccc(F)cc3)n2)CC1. The third-order valence-corrected chi connectivity index (χ3v) is 7.19. The van der Waals surface area contributed by atoms with E-state index in [0.717, 1.165) is 38.1 Å². The predicted molar refractivity (Wildman–Crippen MR) is 142 cm³/mol. The fraction of sp³-hybridized carbons (Fsp3) is 0.320. The van der Waals surface area contributed by atoms with E-state index in [1.807, 2.05) is 11.9 Å². The molecular formula is C25H28ClFN6OS. The lowest BCUT2D eigenvalue weighted by Gasteiger charge is -2.31. The Balaban J connectivity index is 1.53. The molecule has 2 N–H and O–H groups in total. The summed E-state index contributed by atoms with van der Waals surface area (Å²) in [5.74, 6) is 1.54. The van der Waals surface area contributed by atoms with Gasteiger partial charge in [-0.05, 0) is 55.7 Å². The molecule has 2 amide bonds. The number of aromatic nitrogens is 2. The fourth-order valence-corrected chi connectivity index (χ4v) is 4.85. The zero-order valence-electron chi connectivity index (χ0n) is 19.5. The summed E-state index contributed by atoms with van der Waals surface area (Å²) in [4.78, 5) is 23.7. The van der Waals surface area contributed by atoms with Crippen LogP contribution in [0.1, 0.15) is 26.2 Å². The van der Waals surface area contributed by atoms with Crippen molar-refractivity contribution in [1.29, 1.82) is 0 Å². The van der Waals surface area contributed by atoms with Crippen LogP contribution in [-0.2, 0) is 0 Å². The van der Waals surface area contributed by atoms with Crippen LogP contribution in [0.5, 0.6) is 0 Å². The van der Waals surface area contributed by atoms with Gasteiger partial charge in [0.15, 0.2) is 0 Å². The van der Waals surface area contributed by atoms with Crippen molar-refractivity contribution in [3.05, 3.63) is 71.6 Å². The molecule has 1 fully saturated rings. The molecule has 0 unspecified atom stereocenters. The molecule has 2 aromatic carbocycles. The number of carbonyl (C=O) groups excluding carboxylic acids is 1. The van der Waals surface area contributed by atoms with Crippen LogP contribution in [0.4, 0.5) is 32.3 Å². The lowest BCUT2D eigenvalue weighted by Crippen LogP contribution is -2.36. The number of anilines is 4. The van der Waals surface area contributed by atoms with Crippen molar-refractivity contribution < 1.29 is 9.18 Å². The normalized spacial score (nSPS) is 14.5. The van der Waals surface area contributed by atoms with Crippen LogP contribution >= 0.6 is 23.5 Å². The van der Waals surface area contributed by atoms with Gasteiger partial charge >= 0.3 is 6.03 Å². The number of piperidine rings is 1. The number of amides is 2. The van der Waals surface area contributed by atoms with E-state index in [2.05, 4.69) is 31.8 Å². The van der Waals surface area contributed by atoms with Crippen molar-refractivity contribution in [2.45, 2.75) is 32.2 Å². The second-order valence-corrected chi connectivity index (χ2v) is 9.73. The molecular weight excluding hydrogens is 487 g/mol. The Hall–Kier alpha value is -2.88. The molecule has 3 aromatic rings. The summed E-state index contributed by atoms with van der Waals surface area (Å²) in [6.07, 6.45) is 4.74. The average Bonchev–Trinajstić information content (AvgIpc) is 2.87. The van der Waals surface area contributed by atoms with Crippen LogP contribution in [0.25, 0.3) is 0 Å². The molecule has 0 atom stereocenters. The highest BCUT2D eigenvalue weighted by molar-refractivity contribution is 7.97. The summed E-state index contributed by atoms with van der Waals surface area (Å²) >= 11 is 8.14. The number of nitrogens with one attached hydrogen (secondary N) is 2. The number of hydrogen-bond donors (Lipinski definition) is 2. The van der Waals surface area contributed by atoms with Gasteiger partial charge in [-0.3, -0.25) is 4.31 Å². The Morgan fingerprint density at radius 2 is 1.91 bits per heavy atom. The molecule has 2 heterocycles. The Morgan fingerprint density at radius 3 is 2.63 bits per heavy atom. The Kier molecular flexibility index (Phi) is 8.79. The van der Waals surface area contributed by atoms with E-state index in [-0.39, 0.29) is 6.04 Å². The Bertz CT molecular complexity index is 1130. The van der Waals surface area contributed by atoms with Gasteiger partial charge in [-0.25, -0.2) is 19.1 Å². The summed E-state index contributed by atoms with van der Waals surface area (Å²) < 4.78 is 16.0. The van der Waals surface area contributed by atoms with Crippen molar-refractivity contribution in [2.75, 3.05) is 34.4 Å². The molecule has 184 valence electrons. The lowest BCUT2D eigenvalue weighted by atomic mass is 10.1. The summed E-state index contributed by atoms with van der Waals surface area (Å²) in [5, 5.41) is 6.64. The Morgan fingerprint density at radius 1 is 1.17 bits per heavy atom. The van der Waals surface area contributed by atoms with Crippen molar-refractivity contribution >= 4 is 52.7 Å². The fourth-order valence-electron chi connectivity index (χ4n) is 3.75. The average molecular weight is 515 g/mol. The minimum Gasteiger partial charge on any atom is -0.351 e. The van der Waals surface area contributed by atoms with Crippen molar-refractivity contribution in [1.82, 2.24) is 14.3 Å². The molecule has 1 aliphatic heterocycles. The molecule has 1 aliphatic rings. The molecule has 0 bridgehead atoms. The molecule has 1 saturated heterocycles. The van der Waals surface area contributed by atoms with Crippen LogP contribution in [0.15, 0.2) is 60.8 Å². The van der Waals surface area contributed by atoms with Gasteiger partial charge in [0.1, 0.15) is 11.6 Å². The number of nitrogens with zero attached hydrogens (tertiary/aromatic N) is 4.